The molecular formula is C16H20N4O. The molecule has 2 aliphatic heterocycles. The maximum absolute atomic E-state index is 8.92. The molecule has 2 fully saturated rings. The number of guanidine groups is 1. The van der Waals surface area contributed by atoms with Crippen LogP contribution in [0.4, 0.5) is 0 Å². The largest absolute Gasteiger partial charge is 0.373 e. The molecule has 5 nitrogen and oxygen atoms in total. The van der Waals surface area contributed by atoms with Crippen LogP contribution in [0, 0.1) is 11.3 Å². The fraction of sp³-hybridized carbons (Fsp3) is 0.500. The molecule has 0 radical (unpaired) electrons. The lowest BCUT2D eigenvalue weighted by Gasteiger charge is -2.22. The first-order valence-electron chi connectivity index (χ1n) is 7.40. The molecule has 2 saturated heterocycles. The fourth-order valence-electron chi connectivity index (χ4n) is 3.10. The highest BCUT2D eigenvalue weighted by molar-refractivity contribution is 5.80. The topological polar surface area (TPSA) is 69.4 Å². The van der Waals surface area contributed by atoms with E-state index in [1.807, 2.05) is 24.3 Å². The van der Waals surface area contributed by atoms with E-state index in [-0.39, 0.29) is 0 Å². The highest BCUT2D eigenvalue weighted by Gasteiger charge is 2.41. The van der Waals surface area contributed by atoms with Crippen molar-refractivity contribution in [3.63, 3.8) is 0 Å². The van der Waals surface area contributed by atoms with Gasteiger partial charge in [-0.2, -0.15) is 5.26 Å². The monoisotopic (exact) mass is 284 g/mol. The Morgan fingerprint density at radius 1 is 1.48 bits per heavy atom. The van der Waals surface area contributed by atoms with Crippen molar-refractivity contribution in [2.24, 2.45) is 4.99 Å². The number of hydrogen-bond donors (Lipinski definition) is 2. The Kier molecular flexibility index (Phi) is 4.07. The van der Waals surface area contributed by atoms with Crippen LogP contribution >= 0.6 is 0 Å². The predicted molar refractivity (Wildman–Crippen MR) is 80.8 cm³/mol. The van der Waals surface area contributed by atoms with Crippen molar-refractivity contribution < 1.29 is 4.74 Å². The van der Waals surface area contributed by atoms with Crippen molar-refractivity contribution in [2.75, 3.05) is 7.05 Å². The van der Waals surface area contributed by atoms with Crippen molar-refractivity contribution in [3.05, 3.63) is 35.4 Å². The average Bonchev–Trinajstić information content (AvgIpc) is 3.14. The molecule has 3 unspecified atom stereocenters. The van der Waals surface area contributed by atoms with E-state index in [1.165, 1.54) is 6.42 Å². The number of ether oxygens (including phenoxy) is 1. The first-order chi connectivity index (χ1) is 10.3. The van der Waals surface area contributed by atoms with E-state index in [2.05, 4.69) is 21.7 Å². The Balaban J connectivity index is 1.54. The first-order valence-corrected chi connectivity index (χ1v) is 7.40. The molecule has 2 N–H and O–H groups in total. The van der Waals surface area contributed by atoms with E-state index in [0.29, 0.717) is 30.4 Å². The minimum atomic E-state index is 0.329. The van der Waals surface area contributed by atoms with Gasteiger partial charge in [-0.1, -0.05) is 12.1 Å². The Labute approximate surface area is 125 Å². The lowest BCUT2D eigenvalue weighted by atomic mass is 9.96. The third-order valence-electron chi connectivity index (χ3n) is 4.17. The molecule has 5 heteroatoms. The van der Waals surface area contributed by atoms with Gasteiger partial charge in [0.05, 0.1) is 29.9 Å². The third kappa shape index (κ3) is 3.17. The van der Waals surface area contributed by atoms with Crippen molar-refractivity contribution in [3.8, 4) is 6.07 Å². The van der Waals surface area contributed by atoms with E-state index in [4.69, 9.17) is 10.00 Å². The average molecular weight is 284 g/mol. The molecule has 0 spiro atoms. The quantitative estimate of drug-likeness (QED) is 0.652. The molecule has 0 aliphatic carbocycles. The molecule has 110 valence electrons. The van der Waals surface area contributed by atoms with E-state index < -0.39 is 0 Å². The van der Waals surface area contributed by atoms with E-state index in [1.54, 1.807) is 7.05 Å². The van der Waals surface area contributed by atoms with Crippen LogP contribution in [0.1, 0.15) is 30.4 Å². The second-order valence-electron chi connectivity index (χ2n) is 5.60. The van der Waals surface area contributed by atoms with Gasteiger partial charge in [0.1, 0.15) is 0 Å². The molecule has 0 saturated carbocycles. The van der Waals surface area contributed by atoms with E-state index in [9.17, 15) is 0 Å². The van der Waals surface area contributed by atoms with Gasteiger partial charge in [-0.25, -0.2) is 0 Å². The van der Waals surface area contributed by atoms with Gasteiger partial charge in [-0.15, -0.1) is 0 Å². The summed E-state index contributed by atoms with van der Waals surface area (Å²) in [5.41, 5.74) is 1.75. The first kappa shape index (κ1) is 13.9. The van der Waals surface area contributed by atoms with Crippen LogP contribution in [0.3, 0.4) is 0 Å². The molecular weight excluding hydrogens is 264 g/mol. The second kappa shape index (κ2) is 6.15. The standard InChI is InChI=1S/C16H20N4O/c1-18-16(20-14-8-13-5-6-15(14)21-13)19-10-12-4-2-3-11(7-12)9-17/h2-4,7,13-15H,5-6,8,10H2,1H3,(H2,18,19,20). The summed E-state index contributed by atoms with van der Waals surface area (Å²) in [5, 5.41) is 15.7. The summed E-state index contributed by atoms with van der Waals surface area (Å²) in [5.74, 6) is 0.790. The number of nitrogens with one attached hydrogen (secondary N) is 2. The summed E-state index contributed by atoms with van der Waals surface area (Å²) >= 11 is 0. The van der Waals surface area contributed by atoms with Crippen LogP contribution in [-0.2, 0) is 11.3 Å². The van der Waals surface area contributed by atoms with Crippen LogP contribution in [-0.4, -0.2) is 31.3 Å². The normalized spacial score (nSPS) is 27.4. The number of hydrogen-bond acceptors (Lipinski definition) is 3. The molecule has 2 aliphatic rings. The zero-order chi connectivity index (χ0) is 14.7. The van der Waals surface area contributed by atoms with Gasteiger partial charge in [0.15, 0.2) is 5.96 Å². The number of benzene rings is 1. The maximum Gasteiger partial charge on any atom is 0.191 e. The van der Waals surface area contributed by atoms with Crippen LogP contribution in [0.5, 0.6) is 0 Å². The van der Waals surface area contributed by atoms with Gasteiger partial charge in [-0.05, 0) is 37.0 Å². The zero-order valence-corrected chi connectivity index (χ0v) is 12.2. The summed E-state index contributed by atoms with van der Waals surface area (Å²) in [6.45, 7) is 0.650. The summed E-state index contributed by atoms with van der Waals surface area (Å²) in [4.78, 5) is 4.27. The number of nitrogens with zero attached hydrogens (tertiary/aromatic N) is 2. The summed E-state index contributed by atoms with van der Waals surface area (Å²) in [7, 11) is 1.77. The molecule has 2 bridgehead atoms. The summed E-state index contributed by atoms with van der Waals surface area (Å²) < 4.78 is 5.84. The molecule has 3 rings (SSSR count). The molecule has 21 heavy (non-hydrogen) atoms. The van der Waals surface area contributed by atoms with Crippen molar-refractivity contribution in [1.29, 1.82) is 5.26 Å². The van der Waals surface area contributed by atoms with Crippen LogP contribution in [0.2, 0.25) is 0 Å². The molecule has 0 amide bonds. The maximum atomic E-state index is 8.92. The van der Waals surface area contributed by atoms with Crippen LogP contribution in [0.15, 0.2) is 29.3 Å². The van der Waals surface area contributed by atoms with Gasteiger partial charge in [0, 0.05) is 13.6 Å². The van der Waals surface area contributed by atoms with Gasteiger partial charge in [0.25, 0.3) is 0 Å². The lowest BCUT2D eigenvalue weighted by molar-refractivity contribution is 0.0992. The molecule has 0 aromatic heterocycles. The van der Waals surface area contributed by atoms with Crippen LogP contribution in [0.25, 0.3) is 0 Å². The SMILES string of the molecule is CN=C(NCc1cccc(C#N)c1)NC1CC2CCC1O2. The fourth-order valence-corrected chi connectivity index (χ4v) is 3.10. The highest BCUT2D eigenvalue weighted by atomic mass is 16.5. The van der Waals surface area contributed by atoms with E-state index >= 15 is 0 Å². The smallest absolute Gasteiger partial charge is 0.191 e. The predicted octanol–water partition coefficient (Wildman–Crippen LogP) is 1.54. The van der Waals surface area contributed by atoms with Gasteiger partial charge in [0.2, 0.25) is 0 Å². The molecule has 2 heterocycles. The number of fused-ring (bicyclic) bond motifs is 2. The van der Waals surface area contributed by atoms with Gasteiger partial charge in [-0.3, -0.25) is 4.99 Å². The lowest BCUT2D eigenvalue weighted by Crippen LogP contribution is -2.47. The van der Waals surface area contributed by atoms with Crippen molar-refractivity contribution in [1.82, 2.24) is 10.6 Å². The Bertz CT molecular complexity index is 578. The van der Waals surface area contributed by atoms with Crippen molar-refractivity contribution in [2.45, 2.75) is 44.1 Å². The minimum Gasteiger partial charge on any atom is -0.373 e. The second-order valence-corrected chi connectivity index (χ2v) is 5.60. The van der Waals surface area contributed by atoms with Gasteiger partial charge >= 0.3 is 0 Å². The summed E-state index contributed by atoms with van der Waals surface area (Å²) in [6, 6.07) is 10.1. The number of rotatable bonds is 3. The summed E-state index contributed by atoms with van der Waals surface area (Å²) in [6.07, 6.45) is 4.16. The number of aliphatic imine (C=N–C) groups is 1. The molecule has 1 aromatic rings. The Morgan fingerprint density at radius 3 is 3.05 bits per heavy atom. The third-order valence-corrected chi connectivity index (χ3v) is 4.17. The van der Waals surface area contributed by atoms with E-state index in [0.717, 1.165) is 24.4 Å². The van der Waals surface area contributed by atoms with Crippen molar-refractivity contribution >= 4 is 5.96 Å². The highest BCUT2D eigenvalue weighted by Crippen LogP contribution is 2.34. The Hall–Kier alpha value is -2.06. The Morgan fingerprint density at radius 2 is 2.38 bits per heavy atom. The number of nitriles is 1. The molecule has 3 atom stereocenters. The molecule has 1 aromatic carbocycles. The zero-order valence-electron chi connectivity index (χ0n) is 12.2. The minimum absolute atomic E-state index is 0.329. The van der Waals surface area contributed by atoms with Gasteiger partial charge < -0.3 is 15.4 Å². The van der Waals surface area contributed by atoms with Crippen LogP contribution < -0.4 is 10.6 Å².